The van der Waals surface area contributed by atoms with E-state index in [1.54, 1.807) is 18.2 Å². The molecule has 2 aromatic rings. The van der Waals surface area contributed by atoms with Gasteiger partial charge >= 0.3 is 5.69 Å². The number of aromatic nitrogens is 2. The molecule has 1 aromatic heterocycles. The van der Waals surface area contributed by atoms with Crippen molar-refractivity contribution in [2.75, 3.05) is 12.4 Å². The first-order valence-electron chi connectivity index (χ1n) is 5.67. The van der Waals surface area contributed by atoms with E-state index in [2.05, 4.69) is 15.3 Å². The number of methoxy groups -OCH3 is 1. The summed E-state index contributed by atoms with van der Waals surface area (Å²) in [6, 6.07) is 6.68. The Balaban J connectivity index is 2.26. The fourth-order valence-electron chi connectivity index (χ4n) is 1.65. The number of ether oxygens (including phenoxy) is 1. The second-order valence-electron chi connectivity index (χ2n) is 3.82. The molecule has 0 saturated heterocycles. The predicted molar refractivity (Wildman–Crippen MR) is 70.7 cm³/mol. The number of phenols is 1. The van der Waals surface area contributed by atoms with Crippen LogP contribution in [0.5, 0.6) is 11.6 Å². The maximum atomic E-state index is 11.0. The predicted octanol–water partition coefficient (Wildman–Crippen LogP) is 1.71. The quantitative estimate of drug-likeness (QED) is 0.631. The lowest BCUT2D eigenvalue weighted by Gasteiger charge is -2.08. The zero-order valence-electron chi connectivity index (χ0n) is 10.6. The van der Waals surface area contributed by atoms with Crippen LogP contribution in [0.4, 0.5) is 11.5 Å². The summed E-state index contributed by atoms with van der Waals surface area (Å²) >= 11 is 0. The number of hydrogen-bond donors (Lipinski definition) is 2. The van der Waals surface area contributed by atoms with Crippen molar-refractivity contribution in [2.45, 2.75) is 6.54 Å². The minimum Gasteiger partial charge on any atom is -0.508 e. The SMILES string of the molecule is COc1ncnc(NCc2ccccc2O)c1[N+](=O)[O-]. The van der Waals surface area contributed by atoms with Gasteiger partial charge in [0, 0.05) is 12.1 Å². The number of anilines is 1. The third-order valence-electron chi connectivity index (χ3n) is 2.60. The number of para-hydroxylation sites is 1. The highest BCUT2D eigenvalue weighted by atomic mass is 16.6. The molecule has 0 unspecified atom stereocenters. The largest absolute Gasteiger partial charge is 0.508 e. The van der Waals surface area contributed by atoms with Gasteiger partial charge < -0.3 is 15.2 Å². The highest BCUT2D eigenvalue weighted by molar-refractivity contribution is 5.61. The minimum absolute atomic E-state index is 0.0325. The number of benzene rings is 1. The molecule has 1 aromatic carbocycles. The average Bonchev–Trinajstić information content (AvgIpc) is 2.45. The van der Waals surface area contributed by atoms with Crippen LogP contribution in [0, 0.1) is 10.1 Å². The van der Waals surface area contributed by atoms with Gasteiger partial charge in [-0.1, -0.05) is 18.2 Å². The molecule has 0 aliphatic carbocycles. The van der Waals surface area contributed by atoms with E-state index < -0.39 is 4.92 Å². The third kappa shape index (κ3) is 2.74. The number of phenolic OH excluding ortho intramolecular Hbond substituents is 1. The van der Waals surface area contributed by atoms with Crippen LogP contribution in [0.3, 0.4) is 0 Å². The number of hydrogen-bond acceptors (Lipinski definition) is 7. The monoisotopic (exact) mass is 276 g/mol. The number of nitro groups is 1. The summed E-state index contributed by atoms with van der Waals surface area (Å²) in [6.45, 7) is 0.188. The van der Waals surface area contributed by atoms with Gasteiger partial charge in [-0.05, 0) is 6.07 Å². The lowest BCUT2D eigenvalue weighted by Crippen LogP contribution is -2.07. The smallest absolute Gasteiger partial charge is 0.372 e. The van der Waals surface area contributed by atoms with E-state index in [0.29, 0.717) is 5.56 Å². The van der Waals surface area contributed by atoms with E-state index in [4.69, 9.17) is 4.74 Å². The van der Waals surface area contributed by atoms with Gasteiger partial charge in [0.25, 0.3) is 5.88 Å². The minimum atomic E-state index is -0.619. The summed E-state index contributed by atoms with van der Waals surface area (Å²) in [6.07, 6.45) is 1.17. The van der Waals surface area contributed by atoms with Crippen LogP contribution in [0.15, 0.2) is 30.6 Å². The zero-order chi connectivity index (χ0) is 14.5. The van der Waals surface area contributed by atoms with Crippen LogP contribution in [-0.4, -0.2) is 27.1 Å². The maximum absolute atomic E-state index is 11.0. The summed E-state index contributed by atoms with van der Waals surface area (Å²) in [4.78, 5) is 17.9. The second kappa shape index (κ2) is 5.83. The molecule has 0 saturated carbocycles. The fraction of sp³-hybridized carbons (Fsp3) is 0.167. The summed E-state index contributed by atoms with van der Waals surface area (Å²) in [7, 11) is 1.29. The van der Waals surface area contributed by atoms with Gasteiger partial charge in [0.1, 0.15) is 12.1 Å². The van der Waals surface area contributed by atoms with Crippen molar-refractivity contribution in [1.82, 2.24) is 9.97 Å². The summed E-state index contributed by atoms with van der Waals surface area (Å²) in [5.41, 5.74) is 0.254. The van der Waals surface area contributed by atoms with Gasteiger partial charge in [-0.15, -0.1) is 0 Å². The van der Waals surface area contributed by atoms with Gasteiger partial charge in [-0.25, -0.2) is 4.98 Å². The molecule has 0 bridgehead atoms. The Bertz CT molecular complexity index is 633. The fourth-order valence-corrected chi connectivity index (χ4v) is 1.65. The molecule has 0 aliphatic heterocycles. The van der Waals surface area contributed by atoms with Crippen LogP contribution in [0.2, 0.25) is 0 Å². The van der Waals surface area contributed by atoms with Crippen molar-refractivity contribution in [3.8, 4) is 11.6 Å². The van der Waals surface area contributed by atoms with E-state index in [0.717, 1.165) is 0 Å². The first-order valence-corrected chi connectivity index (χ1v) is 5.67. The number of nitrogens with one attached hydrogen (secondary N) is 1. The standard InChI is InChI=1S/C12H12N4O4/c1-20-12-10(16(18)19)11(14-7-15-12)13-6-8-4-2-3-5-9(8)17/h2-5,7,17H,6H2,1H3,(H,13,14,15). The van der Waals surface area contributed by atoms with Crippen LogP contribution >= 0.6 is 0 Å². The molecular formula is C12H12N4O4. The van der Waals surface area contributed by atoms with Crippen LogP contribution in [0.25, 0.3) is 0 Å². The Morgan fingerprint density at radius 2 is 2.15 bits per heavy atom. The molecule has 2 N–H and O–H groups in total. The molecule has 8 heteroatoms. The van der Waals surface area contributed by atoms with Crippen molar-refractivity contribution >= 4 is 11.5 Å². The van der Waals surface area contributed by atoms with E-state index in [1.807, 2.05) is 0 Å². The molecule has 1 heterocycles. The zero-order valence-corrected chi connectivity index (χ0v) is 10.6. The molecule has 20 heavy (non-hydrogen) atoms. The van der Waals surface area contributed by atoms with Gasteiger partial charge in [0.2, 0.25) is 5.82 Å². The molecule has 8 nitrogen and oxygen atoms in total. The maximum Gasteiger partial charge on any atom is 0.372 e. The summed E-state index contributed by atoms with van der Waals surface area (Å²) < 4.78 is 4.84. The average molecular weight is 276 g/mol. The molecule has 0 amide bonds. The first-order chi connectivity index (χ1) is 9.63. The Morgan fingerprint density at radius 1 is 1.40 bits per heavy atom. The molecule has 2 rings (SSSR count). The van der Waals surface area contributed by atoms with Gasteiger partial charge in [0.05, 0.1) is 12.0 Å². The van der Waals surface area contributed by atoms with E-state index in [-0.39, 0.29) is 29.7 Å². The van der Waals surface area contributed by atoms with Crippen LogP contribution in [0.1, 0.15) is 5.56 Å². The van der Waals surface area contributed by atoms with Gasteiger partial charge in [-0.2, -0.15) is 4.98 Å². The Hall–Kier alpha value is -2.90. The van der Waals surface area contributed by atoms with Crippen molar-refractivity contribution in [2.24, 2.45) is 0 Å². The van der Waals surface area contributed by atoms with Crippen LogP contribution in [-0.2, 0) is 6.54 Å². The summed E-state index contributed by atoms with van der Waals surface area (Å²) in [5.74, 6) is 0.0126. The van der Waals surface area contributed by atoms with Crippen molar-refractivity contribution in [1.29, 1.82) is 0 Å². The van der Waals surface area contributed by atoms with Crippen LogP contribution < -0.4 is 10.1 Å². The second-order valence-corrected chi connectivity index (χ2v) is 3.82. The number of nitrogens with zero attached hydrogens (tertiary/aromatic N) is 3. The van der Waals surface area contributed by atoms with Gasteiger partial charge in [0.15, 0.2) is 0 Å². The Morgan fingerprint density at radius 3 is 2.80 bits per heavy atom. The molecule has 0 atom stereocenters. The number of aromatic hydroxyl groups is 1. The lowest BCUT2D eigenvalue weighted by atomic mass is 10.2. The number of rotatable bonds is 5. The van der Waals surface area contributed by atoms with Crippen molar-refractivity contribution in [3.63, 3.8) is 0 Å². The molecule has 0 fully saturated rings. The van der Waals surface area contributed by atoms with Crippen molar-refractivity contribution in [3.05, 3.63) is 46.3 Å². The molecular weight excluding hydrogens is 264 g/mol. The molecule has 0 radical (unpaired) electrons. The molecule has 0 aliphatic rings. The Kier molecular flexibility index (Phi) is 3.94. The summed E-state index contributed by atoms with van der Waals surface area (Å²) in [5, 5.41) is 23.5. The third-order valence-corrected chi connectivity index (χ3v) is 2.60. The molecule has 104 valence electrons. The van der Waals surface area contributed by atoms with Gasteiger partial charge in [-0.3, -0.25) is 10.1 Å². The van der Waals surface area contributed by atoms with E-state index >= 15 is 0 Å². The van der Waals surface area contributed by atoms with Crippen molar-refractivity contribution < 1.29 is 14.8 Å². The highest BCUT2D eigenvalue weighted by Gasteiger charge is 2.23. The lowest BCUT2D eigenvalue weighted by molar-refractivity contribution is -0.385. The molecule has 0 spiro atoms. The van der Waals surface area contributed by atoms with E-state index in [9.17, 15) is 15.2 Å². The topological polar surface area (TPSA) is 110 Å². The normalized spacial score (nSPS) is 10.1. The highest BCUT2D eigenvalue weighted by Crippen LogP contribution is 2.31. The first kappa shape index (κ1) is 13.5. The van der Waals surface area contributed by atoms with E-state index in [1.165, 1.54) is 19.5 Å². The Labute approximate surface area is 114 Å².